The van der Waals surface area contributed by atoms with Crippen LogP contribution in [0.3, 0.4) is 0 Å². The van der Waals surface area contributed by atoms with E-state index in [-0.39, 0.29) is 16.9 Å². The third-order valence-electron chi connectivity index (χ3n) is 4.89. The van der Waals surface area contributed by atoms with E-state index in [4.69, 9.17) is 4.42 Å². The fourth-order valence-electron chi connectivity index (χ4n) is 3.25. The van der Waals surface area contributed by atoms with Gasteiger partial charge in [0.05, 0.1) is 11.3 Å². The van der Waals surface area contributed by atoms with Crippen molar-refractivity contribution in [2.75, 3.05) is 5.01 Å². The lowest BCUT2D eigenvalue weighted by Crippen LogP contribution is -2.35. The smallest absolute Gasteiger partial charge is 0.336 e. The summed E-state index contributed by atoms with van der Waals surface area (Å²) in [5.41, 5.74) is 4.61. The second-order valence-electron chi connectivity index (χ2n) is 6.86. The van der Waals surface area contributed by atoms with Crippen molar-refractivity contribution in [2.24, 2.45) is 0 Å². The molecule has 3 aromatic rings. The van der Waals surface area contributed by atoms with Gasteiger partial charge in [-0.1, -0.05) is 35.0 Å². The van der Waals surface area contributed by atoms with E-state index in [1.165, 1.54) is 17.2 Å². The zero-order chi connectivity index (χ0) is 22.1. The van der Waals surface area contributed by atoms with Crippen LogP contribution < -0.4 is 10.4 Å². The molecule has 0 radical (unpaired) electrons. The van der Waals surface area contributed by atoms with Crippen LogP contribution in [-0.2, 0) is 16.0 Å². The first-order valence-electron chi connectivity index (χ1n) is 9.46. The van der Waals surface area contributed by atoms with Crippen molar-refractivity contribution in [3.63, 3.8) is 0 Å². The summed E-state index contributed by atoms with van der Waals surface area (Å²) < 4.78 is 6.35. The fraction of sp³-hybridized carbons (Fsp3) is 0.0870. The van der Waals surface area contributed by atoms with E-state index in [1.54, 1.807) is 36.4 Å². The van der Waals surface area contributed by atoms with Crippen LogP contribution >= 0.6 is 15.9 Å². The number of nitrogens with one attached hydrogen (secondary N) is 1. The lowest BCUT2D eigenvalue weighted by Gasteiger charge is -2.14. The van der Waals surface area contributed by atoms with Crippen LogP contribution in [0.4, 0.5) is 5.69 Å². The number of aryl methyl sites for hydroxylation is 1. The molecule has 1 saturated heterocycles. The van der Waals surface area contributed by atoms with Gasteiger partial charge < -0.3 is 9.52 Å². The Labute approximate surface area is 186 Å². The minimum absolute atomic E-state index is 0.0688. The highest BCUT2D eigenvalue weighted by molar-refractivity contribution is 9.10. The number of benzene rings is 2. The Hall–Kier alpha value is -3.65. The summed E-state index contributed by atoms with van der Waals surface area (Å²) in [7, 11) is 0. The van der Waals surface area contributed by atoms with Crippen molar-refractivity contribution >= 4 is 45.5 Å². The molecule has 0 spiro atoms. The molecule has 2 heterocycles. The van der Waals surface area contributed by atoms with Crippen LogP contribution in [0.15, 0.2) is 69.1 Å². The van der Waals surface area contributed by atoms with Crippen molar-refractivity contribution < 1.29 is 23.9 Å². The maximum atomic E-state index is 12.8. The number of halogens is 1. The van der Waals surface area contributed by atoms with Crippen molar-refractivity contribution in [2.45, 2.75) is 13.3 Å². The Morgan fingerprint density at radius 1 is 1.13 bits per heavy atom. The van der Waals surface area contributed by atoms with Gasteiger partial charge in [-0.05, 0) is 60.5 Å². The van der Waals surface area contributed by atoms with Gasteiger partial charge in [0.15, 0.2) is 0 Å². The molecule has 1 fully saturated rings. The molecular formula is C23H17BrN2O5. The summed E-state index contributed by atoms with van der Waals surface area (Å²) in [6, 6.07) is 15.3. The molecule has 2 aromatic carbocycles. The van der Waals surface area contributed by atoms with Gasteiger partial charge in [-0.15, -0.1) is 0 Å². The number of rotatable bonds is 5. The van der Waals surface area contributed by atoms with E-state index < -0.39 is 17.8 Å². The summed E-state index contributed by atoms with van der Waals surface area (Å²) >= 11 is 3.26. The van der Waals surface area contributed by atoms with E-state index in [0.717, 1.165) is 12.0 Å². The number of carbonyl (C=O) groups excluding carboxylic acids is 2. The minimum atomic E-state index is -1.09. The molecule has 0 aliphatic carbocycles. The number of furan rings is 1. The number of carbonyl (C=O) groups is 3. The molecule has 0 bridgehead atoms. The highest BCUT2D eigenvalue weighted by atomic mass is 79.9. The average Bonchev–Trinajstić information content (AvgIpc) is 3.34. The Balaban J connectivity index is 1.63. The Morgan fingerprint density at radius 2 is 1.87 bits per heavy atom. The maximum Gasteiger partial charge on any atom is 0.336 e. The second-order valence-corrected chi connectivity index (χ2v) is 7.77. The van der Waals surface area contributed by atoms with Crippen LogP contribution in [-0.4, -0.2) is 22.9 Å². The van der Waals surface area contributed by atoms with Crippen molar-refractivity contribution in [3.05, 3.63) is 81.5 Å². The van der Waals surface area contributed by atoms with Crippen LogP contribution in [0.5, 0.6) is 0 Å². The highest BCUT2D eigenvalue weighted by Gasteiger charge is 2.34. The second kappa shape index (κ2) is 8.23. The number of aromatic carboxylic acids is 1. The van der Waals surface area contributed by atoms with E-state index in [0.29, 0.717) is 21.5 Å². The molecule has 156 valence electrons. The number of carboxylic acids is 1. The molecule has 4 rings (SSSR count). The lowest BCUT2D eigenvalue weighted by molar-refractivity contribution is -0.117. The molecule has 1 aliphatic heterocycles. The Morgan fingerprint density at radius 3 is 2.55 bits per heavy atom. The van der Waals surface area contributed by atoms with Gasteiger partial charge >= 0.3 is 5.97 Å². The van der Waals surface area contributed by atoms with Crippen molar-refractivity contribution in [1.29, 1.82) is 0 Å². The number of amides is 2. The first-order chi connectivity index (χ1) is 14.9. The largest absolute Gasteiger partial charge is 0.478 e. The van der Waals surface area contributed by atoms with Crippen LogP contribution in [0.1, 0.15) is 28.6 Å². The summed E-state index contributed by atoms with van der Waals surface area (Å²) in [4.78, 5) is 36.7. The Bertz CT molecular complexity index is 1230. The van der Waals surface area contributed by atoms with Gasteiger partial charge in [0.2, 0.25) is 0 Å². The number of hydrazine groups is 1. The topological polar surface area (TPSA) is 99.8 Å². The molecule has 2 N–H and O–H groups in total. The average molecular weight is 481 g/mol. The summed E-state index contributed by atoms with van der Waals surface area (Å²) in [6.07, 6.45) is 2.22. The zero-order valence-corrected chi connectivity index (χ0v) is 18.0. The number of carboxylic acid groups (broad SMARTS) is 1. The van der Waals surface area contributed by atoms with Gasteiger partial charge in [0.25, 0.3) is 11.8 Å². The third-order valence-corrected chi connectivity index (χ3v) is 5.38. The van der Waals surface area contributed by atoms with Gasteiger partial charge in [-0.25, -0.2) is 9.80 Å². The molecule has 7 nitrogen and oxygen atoms in total. The molecule has 31 heavy (non-hydrogen) atoms. The molecule has 8 heteroatoms. The fourth-order valence-corrected chi connectivity index (χ4v) is 3.61. The Kier molecular flexibility index (Phi) is 5.48. The molecule has 0 unspecified atom stereocenters. The van der Waals surface area contributed by atoms with E-state index >= 15 is 0 Å². The third kappa shape index (κ3) is 4.02. The van der Waals surface area contributed by atoms with E-state index in [9.17, 15) is 19.5 Å². The molecule has 1 aromatic heterocycles. The van der Waals surface area contributed by atoms with E-state index in [1.807, 2.05) is 19.1 Å². The monoisotopic (exact) mass is 480 g/mol. The van der Waals surface area contributed by atoms with Gasteiger partial charge in [-0.2, -0.15) is 0 Å². The normalized spacial score (nSPS) is 14.9. The number of nitrogens with zero attached hydrogens (tertiary/aromatic N) is 1. The van der Waals surface area contributed by atoms with Crippen molar-refractivity contribution in [3.8, 4) is 11.3 Å². The first-order valence-corrected chi connectivity index (χ1v) is 10.3. The lowest BCUT2D eigenvalue weighted by atomic mass is 10.1. The van der Waals surface area contributed by atoms with Crippen LogP contribution in [0.25, 0.3) is 17.4 Å². The number of anilines is 1. The van der Waals surface area contributed by atoms with Gasteiger partial charge in [-0.3, -0.25) is 15.0 Å². The number of hydrogen-bond donors (Lipinski definition) is 2. The van der Waals surface area contributed by atoms with Gasteiger partial charge in [0.1, 0.15) is 17.1 Å². The van der Waals surface area contributed by atoms with E-state index in [2.05, 4.69) is 21.4 Å². The summed E-state index contributed by atoms with van der Waals surface area (Å²) in [5, 5.41) is 10.6. The SMILES string of the molecule is CCc1ccc(N2NC(=O)/C(=C/c3ccc(-c4ccc(Br)cc4C(=O)O)o3)C2=O)cc1. The highest BCUT2D eigenvalue weighted by Crippen LogP contribution is 2.30. The van der Waals surface area contributed by atoms with Crippen LogP contribution in [0, 0.1) is 0 Å². The molecule has 2 amide bonds. The van der Waals surface area contributed by atoms with Crippen molar-refractivity contribution in [1.82, 2.24) is 5.43 Å². The molecular weight excluding hydrogens is 464 g/mol. The van der Waals surface area contributed by atoms with Gasteiger partial charge in [0, 0.05) is 10.0 Å². The standard InChI is InChI=1S/C23H17BrN2O5/c1-2-13-3-6-15(7-4-13)26-22(28)19(21(27)25-26)12-16-8-10-20(31-16)17-9-5-14(24)11-18(17)23(29)30/h3-12H,2H2,1H3,(H,25,27)(H,29,30)/b19-12-. The summed E-state index contributed by atoms with van der Waals surface area (Å²) in [5.74, 6) is -1.56. The predicted octanol–water partition coefficient (Wildman–Crippen LogP) is 4.43. The molecule has 1 aliphatic rings. The zero-order valence-electron chi connectivity index (χ0n) is 16.4. The van der Waals surface area contributed by atoms with Crippen LogP contribution in [0.2, 0.25) is 0 Å². The maximum absolute atomic E-state index is 12.8. The minimum Gasteiger partial charge on any atom is -0.478 e. The number of hydrogen-bond acceptors (Lipinski definition) is 4. The molecule has 0 atom stereocenters. The first kappa shape index (κ1) is 20.6. The summed E-state index contributed by atoms with van der Waals surface area (Å²) in [6.45, 7) is 2.03. The predicted molar refractivity (Wildman–Crippen MR) is 118 cm³/mol. The quantitative estimate of drug-likeness (QED) is 0.415. The molecule has 0 saturated carbocycles.